The zero-order valence-corrected chi connectivity index (χ0v) is 16.0. The van der Waals surface area contributed by atoms with Crippen molar-refractivity contribution in [2.75, 3.05) is 11.5 Å². The molecule has 1 aromatic heterocycles. The van der Waals surface area contributed by atoms with Crippen LogP contribution in [0.5, 0.6) is 5.88 Å². The van der Waals surface area contributed by atoms with Gasteiger partial charge in [0.15, 0.2) is 13.8 Å². The Kier molecular flexibility index (Phi) is 4.37. The van der Waals surface area contributed by atoms with Crippen molar-refractivity contribution in [1.82, 2.24) is 4.57 Å². The quantitative estimate of drug-likeness (QED) is 0.795. The summed E-state index contributed by atoms with van der Waals surface area (Å²) in [6, 6.07) is 9.35. The molecule has 2 aliphatic heterocycles. The van der Waals surface area contributed by atoms with Crippen LogP contribution >= 0.6 is 23.6 Å². The Labute approximate surface area is 159 Å². The Balaban J connectivity index is 1.71. The molecule has 0 radical (unpaired) electrons. The fourth-order valence-corrected chi connectivity index (χ4v) is 6.23. The van der Waals surface area contributed by atoms with Crippen LogP contribution in [-0.4, -0.2) is 41.5 Å². The second kappa shape index (κ2) is 6.57. The minimum Gasteiger partial charge on any atom is -0.493 e. The van der Waals surface area contributed by atoms with E-state index in [0.717, 1.165) is 16.8 Å². The molecule has 0 bridgehead atoms. The van der Waals surface area contributed by atoms with Gasteiger partial charge in [0, 0.05) is 11.1 Å². The number of allylic oxidation sites excluding steroid dienone is 1. The first-order valence-corrected chi connectivity index (χ1v) is 11.0. The standard InChI is InChI=1S/C17H15N3O3S3/c21-16-14(25-17(24)20(16)13-6-7-26(22,23)10-13)8-12-9-18-19-15(12)11-4-2-1-3-5-11/h1-5,8-9,13,21H,6-7,10H2/b12-8-/t13-/m0/s1. The topological polar surface area (TPSA) is 84.0 Å². The van der Waals surface area contributed by atoms with Gasteiger partial charge in [-0.1, -0.05) is 30.3 Å². The first-order valence-electron chi connectivity index (χ1n) is 7.98. The molecule has 0 spiro atoms. The molecule has 1 saturated heterocycles. The van der Waals surface area contributed by atoms with Crippen LogP contribution < -0.4 is 0 Å². The number of aromatic hydroxyl groups is 1. The highest BCUT2D eigenvalue weighted by atomic mass is 32.2. The maximum absolute atomic E-state index is 11.8. The highest BCUT2D eigenvalue weighted by molar-refractivity contribution is 7.91. The maximum atomic E-state index is 11.8. The van der Waals surface area contributed by atoms with Gasteiger partial charge in [-0.05, 0) is 24.7 Å². The largest absolute Gasteiger partial charge is 0.493 e. The van der Waals surface area contributed by atoms with Crippen molar-refractivity contribution in [2.24, 2.45) is 10.2 Å². The van der Waals surface area contributed by atoms with Crippen LogP contribution in [0.4, 0.5) is 0 Å². The van der Waals surface area contributed by atoms with Gasteiger partial charge in [0.25, 0.3) is 0 Å². The van der Waals surface area contributed by atoms with E-state index in [0.29, 0.717) is 15.3 Å². The second-order valence-electron chi connectivity index (χ2n) is 6.14. The van der Waals surface area contributed by atoms with Crippen LogP contribution in [0.3, 0.4) is 0 Å². The number of aromatic nitrogens is 1. The molecule has 1 N–H and O–H groups in total. The van der Waals surface area contributed by atoms with E-state index in [1.807, 2.05) is 30.3 Å². The molecular formula is C17H15N3O3S3. The molecule has 26 heavy (non-hydrogen) atoms. The maximum Gasteiger partial charge on any atom is 0.210 e. The van der Waals surface area contributed by atoms with Gasteiger partial charge >= 0.3 is 0 Å². The number of hydrogen-bond acceptors (Lipinski definition) is 7. The van der Waals surface area contributed by atoms with Crippen LogP contribution in [-0.2, 0) is 9.84 Å². The average molecular weight is 406 g/mol. The lowest BCUT2D eigenvalue weighted by Gasteiger charge is -2.11. The predicted octanol–water partition coefficient (Wildman–Crippen LogP) is 3.22. The number of nitrogens with zero attached hydrogens (tertiary/aromatic N) is 3. The summed E-state index contributed by atoms with van der Waals surface area (Å²) in [6.07, 6.45) is 3.89. The van der Waals surface area contributed by atoms with Crippen LogP contribution in [0, 0.1) is 3.95 Å². The number of hydrogen-bond donors (Lipinski definition) is 1. The normalized spacial score (nSPS) is 22.8. The third kappa shape index (κ3) is 3.17. The van der Waals surface area contributed by atoms with E-state index in [-0.39, 0.29) is 23.4 Å². The van der Waals surface area contributed by atoms with Gasteiger partial charge in [0.05, 0.1) is 28.6 Å². The summed E-state index contributed by atoms with van der Waals surface area (Å²) in [5.41, 5.74) is 2.42. The smallest absolute Gasteiger partial charge is 0.210 e. The van der Waals surface area contributed by atoms with Crippen molar-refractivity contribution in [1.29, 1.82) is 0 Å². The molecule has 0 aliphatic carbocycles. The summed E-state index contributed by atoms with van der Waals surface area (Å²) < 4.78 is 25.5. The van der Waals surface area contributed by atoms with E-state index in [4.69, 9.17) is 12.2 Å². The van der Waals surface area contributed by atoms with Gasteiger partial charge in [0.2, 0.25) is 5.88 Å². The van der Waals surface area contributed by atoms with E-state index < -0.39 is 9.84 Å². The number of benzene rings is 1. The van der Waals surface area contributed by atoms with Gasteiger partial charge in [-0.15, -0.1) is 16.4 Å². The van der Waals surface area contributed by atoms with Crippen LogP contribution in [0.25, 0.3) is 6.08 Å². The van der Waals surface area contributed by atoms with Gasteiger partial charge < -0.3 is 5.11 Å². The van der Waals surface area contributed by atoms with Crippen molar-refractivity contribution in [3.05, 3.63) is 50.3 Å². The Morgan fingerprint density at radius 3 is 2.77 bits per heavy atom. The molecule has 134 valence electrons. The van der Waals surface area contributed by atoms with Crippen molar-refractivity contribution in [3.63, 3.8) is 0 Å². The summed E-state index contributed by atoms with van der Waals surface area (Å²) in [5, 5.41) is 18.8. The van der Waals surface area contributed by atoms with Crippen LogP contribution in [0.15, 0.2) is 46.1 Å². The van der Waals surface area contributed by atoms with Gasteiger partial charge in [-0.3, -0.25) is 4.57 Å². The first-order chi connectivity index (χ1) is 12.4. The molecule has 4 rings (SSSR count). The third-order valence-corrected chi connectivity index (χ3v) is 7.47. The minimum absolute atomic E-state index is 0.00214. The van der Waals surface area contributed by atoms with Crippen molar-refractivity contribution < 1.29 is 13.5 Å². The Morgan fingerprint density at radius 1 is 1.31 bits per heavy atom. The highest BCUT2D eigenvalue weighted by Crippen LogP contribution is 2.36. The molecular weight excluding hydrogens is 390 g/mol. The summed E-state index contributed by atoms with van der Waals surface area (Å²) in [4.78, 5) is 0.575. The third-order valence-electron chi connectivity index (χ3n) is 4.38. The molecule has 3 heterocycles. The van der Waals surface area contributed by atoms with Crippen molar-refractivity contribution in [3.8, 4) is 5.88 Å². The summed E-state index contributed by atoms with van der Waals surface area (Å²) >= 11 is 6.62. The Hall–Kier alpha value is -2.10. The fourth-order valence-electron chi connectivity index (χ4n) is 3.12. The lowest BCUT2D eigenvalue weighted by atomic mass is 10.0. The average Bonchev–Trinajstić information content (AvgIpc) is 3.28. The predicted molar refractivity (Wildman–Crippen MR) is 107 cm³/mol. The van der Waals surface area contributed by atoms with Crippen molar-refractivity contribution in [2.45, 2.75) is 12.5 Å². The first kappa shape index (κ1) is 17.3. The van der Waals surface area contributed by atoms with E-state index in [9.17, 15) is 13.5 Å². The molecule has 1 atom stereocenters. The SMILES string of the molecule is O=S1(=O)CC[C@H](n2c(O)c(/C=C3/C=NN=C3c3ccccc3)sc2=S)C1. The number of rotatable bonds is 3. The fraction of sp³-hybridized carbons (Fsp3) is 0.235. The molecule has 6 nitrogen and oxygen atoms in total. The molecule has 0 saturated carbocycles. The highest BCUT2D eigenvalue weighted by Gasteiger charge is 2.31. The Morgan fingerprint density at radius 2 is 2.08 bits per heavy atom. The molecule has 0 amide bonds. The monoisotopic (exact) mass is 405 g/mol. The van der Waals surface area contributed by atoms with E-state index >= 15 is 0 Å². The van der Waals surface area contributed by atoms with Crippen LogP contribution in [0.1, 0.15) is 22.9 Å². The Bertz CT molecular complexity index is 1110. The number of thiazole rings is 1. The molecule has 0 unspecified atom stereocenters. The number of sulfone groups is 1. The van der Waals surface area contributed by atoms with Gasteiger partial charge in [-0.25, -0.2) is 8.42 Å². The van der Waals surface area contributed by atoms with E-state index in [1.165, 1.54) is 11.3 Å². The van der Waals surface area contributed by atoms with Gasteiger partial charge in [-0.2, -0.15) is 5.10 Å². The van der Waals surface area contributed by atoms with Gasteiger partial charge in [0.1, 0.15) is 5.71 Å². The molecule has 1 fully saturated rings. The molecule has 2 aliphatic rings. The summed E-state index contributed by atoms with van der Waals surface area (Å²) in [7, 11) is -3.06. The lowest BCUT2D eigenvalue weighted by molar-refractivity contribution is 0.390. The molecule has 9 heteroatoms. The lowest BCUT2D eigenvalue weighted by Crippen LogP contribution is -2.10. The second-order valence-corrected chi connectivity index (χ2v) is 10.0. The van der Waals surface area contributed by atoms with Crippen molar-refractivity contribution >= 4 is 51.4 Å². The van der Waals surface area contributed by atoms with Crippen LogP contribution in [0.2, 0.25) is 0 Å². The minimum atomic E-state index is -3.06. The summed E-state index contributed by atoms with van der Waals surface area (Å²) in [5.74, 6) is 0.143. The zero-order valence-electron chi connectivity index (χ0n) is 13.6. The van der Waals surface area contributed by atoms with E-state index in [1.54, 1.807) is 16.9 Å². The summed E-state index contributed by atoms with van der Waals surface area (Å²) in [6.45, 7) is 0. The zero-order chi connectivity index (χ0) is 18.3. The van der Waals surface area contributed by atoms with E-state index in [2.05, 4.69) is 10.2 Å². The molecule has 1 aromatic carbocycles. The molecule has 2 aromatic rings.